The zero-order valence-corrected chi connectivity index (χ0v) is 12.2. The van der Waals surface area contributed by atoms with E-state index in [-0.39, 0.29) is 0 Å². The van der Waals surface area contributed by atoms with Crippen LogP contribution in [0.1, 0.15) is 23.4 Å². The summed E-state index contributed by atoms with van der Waals surface area (Å²) in [5.74, 6) is 0.818. The lowest BCUT2D eigenvalue weighted by atomic mass is 9.95. The van der Waals surface area contributed by atoms with E-state index in [1.165, 1.54) is 42.1 Å². The number of hydrogen-bond acceptors (Lipinski definition) is 3. The second kappa shape index (κ2) is 5.85. The van der Waals surface area contributed by atoms with Gasteiger partial charge in [0.05, 0.1) is 10.7 Å². The van der Waals surface area contributed by atoms with E-state index in [9.17, 15) is 0 Å². The molecule has 19 heavy (non-hydrogen) atoms. The van der Waals surface area contributed by atoms with Crippen LogP contribution < -0.4 is 5.32 Å². The maximum atomic E-state index is 4.80. The molecule has 0 aliphatic carbocycles. The van der Waals surface area contributed by atoms with Crippen LogP contribution in [0, 0.1) is 12.8 Å². The number of hydrogen-bond donors (Lipinski definition) is 1. The fraction of sp³-hybridized carbons (Fsp3) is 0.438. The van der Waals surface area contributed by atoms with Gasteiger partial charge in [-0.2, -0.15) is 0 Å². The number of aryl methyl sites for hydroxylation is 1. The molecule has 1 aromatic heterocycles. The molecule has 1 N–H and O–H groups in total. The van der Waals surface area contributed by atoms with E-state index in [0.717, 1.165) is 18.0 Å². The predicted molar refractivity (Wildman–Crippen MR) is 81.6 cm³/mol. The Balaban J connectivity index is 1.70. The van der Waals surface area contributed by atoms with Crippen LogP contribution in [0.25, 0.3) is 11.3 Å². The summed E-state index contributed by atoms with van der Waals surface area (Å²) in [4.78, 5) is 4.80. The SMILES string of the molecule is Cc1ccc(-c2csc(CC3CCNCC3)n2)cc1. The molecule has 2 heterocycles. The van der Waals surface area contributed by atoms with Gasteiger partial charge in [-0.3, -0.25) is 0 Å². The van der Waals surface area contributed by atoms with Gasteiger partial charge in [-0.05, 0) is 38.8 Å². The maximum Gasteiger partial charge on any atom is 0.0935 e. The fourth-order valence-corrected chi connectivity index (χ4v) is 3.51. The van der Waals surface area contributed by atoms with Crippen molar-refractivity contribution in [2.24, 2.45) is 5.92 Å². The third-order valence-corrected chi connectivity index (χ3v) is 4.69. The maximum absolute atomic E-state index is 4.80. The minimum Gasteiger partial charge on any atom is -0.317 e. The molecule has 0 atom stereocenters. The van der Waals surface area contributed by atoms with Crippen molar-refractivity contribution in [3.63, 3.8) is 0 Å². The molecule has 2 aromatic rings. The number of benzene rings is 1. The summed E-state index contributed by atoms with van der Waals surface area (Å²) < 4.78 is 0. The van der Waals surface area contributed by atoms with Gasteiger partial charge in [-0.25, -0.2) is 4.98 Å². The summed E-state index contributed by atoms with van der Waals surface area (Å²) in [5, 5.41) is 6.91. The van der Waals surface area contributed by atoms with Gasteiger partial charge < -0.3 is 5.32 Å². The lowest BCUT2D eigenvalue weighted by Gasteiger charge is -2.21. The molecule has 0 unspecified atom stereocenters. The fourth-order valence-electron chi connectivity index (χ4n) is 2.59. The van der Waals surface area contributed by atoms with Gasteiger partial charge in [0.15, 0.2) is 0 Å². The summed E-state index contributed by atoms with van der Waals surface area (Å²) in [6.07, 6.45) is 3.73. The molecule has 0 spiro atoms. The highest BCUT2D eigenvalue weighted by Crippen LogP contribution is 2.25. The Kier molecular flexibility index (Phi) is 3.95. The average molecular weight is 272 g/mol. The van der Waals surface area contributed by atoms with Gasteiger partial charge >= 0.3 is 0 Å². The highest BCUT2D eigenvalue weighted by Gasteiger charge is 2.15. The minimum atomic E-state index is 0.818. The minimum absolute atomic E-state index is 0.818. The smallest absolute Gasteiger partial charge is 0.0935 e. The second-order valence-corrected chi connectivity index (χ2v) is 6.33. The molecular weight excluding hydrogens is 252 g/mol. The first-order valence-corrected chi connectivity index (χ1v) is 7.91. The van der Waals surface area contributed by atoms with Crippen LogP contribution in [0.3, 0.4) is 0 Å². The number of piperidine rings is 1. The summed E-state index contributed by atoms with van der Waals surface area (Å²) in [7, 11) is 0. The molecule has 0 bridgehead atoms. The van der Waals surface area contributed by atoms with E-state index in [0.29, 0.717) is 0 Å². The van der Waals surface area contributed by atoms with Crippen LogP contribution in [-0.2, 0) is 6.42 Å². The van der Waals surface area contributed by atoms with Gasteiger partial charge in [0, 0.05) is 17.4 Å². The van der Waals surface area contributed by atoms with Gasteiger partial charge in [-0.1, -0.05) is 29.8 Å². The van der Waals surface area contributed by atoms with Gasteiger partial charge in [0.2, 0.25) is 0 Å². The monoisotopic (exact) mass is 272 g/mol. The molecule has 3 heteroatoms. The first kappa shape index (κ1) is 12.8. The van der Waals surface area contributed by atoms with Crippen LogP contribution in [0.4, 0.5) is 0 Å². The summed E-state index contributed by atoms with van der Waals surface area (Å²) in [6.45, 7) is 4.45. The standard InChI is InChI=1S/C16H20N2S/c1-12-2-4-14(5-3-12)15-11-19-16(18-15)10-13-6-8-17-9-7-13/h2-5,11,13,17H,6-10H2,1H3. The van der Waals surface area contributed by atoms with Crippen LogP contribution in [0.15, 0.2) is 29.6 Å². The average Bonchev–Trinajstić information content (AvgIpc) is 2.89. The summed E-state index contributed by atoms with van der Waals surface area (Å²) >= 11 is 1.81. The number of nitrogens with zero attached hydrogens (tertiary/aromatic N) is 1. The Hall–Kier alpha value is -1.19. The molecule has 1 aliphatic heterocycles. The zero-order chi connectivity index (χ0) is 13.1. The predicted octanol–water partition coefficient (Wildman–Crippen LogP) is 3.66. The van der Waals surface area contributed by atoms with Crippen molar-refractivity contribution in [3.05, 3.63) is 40.2 Å². The Morgan fingerprint density at radius 1 is 1.21 bits per heavy atom. The molecule has 0 amide bonds. The molecule has 100 valence electrons. The van der Waals surface area contributed by atoms with Crippen LogP contribution in [0.5, 0.6) is 0 Å². The van der Waals surface area contributed by atoms with Gasteiger partial charge in [0.25, 0.3) is 0 Å². The van der Waals surface area contributed by atoms with Crippen molar-refractivity contribution in [3.8, 4) is 11.3 Å². The van der Waals surface area contributed by atoms with E-state index < -0.39 is 0 Å². The number of nitrogens with one attached hydrogen (secondary N) is 1. The van der Waals surface area contributed by atoms with E-state index >= 15 is 0 Å². The topological polar surface area (TPSA) is 24.9 Å². The molecule has 1 aliphatic rings. The lowest BCUT2D eigenvalue weighted by Crippen LogP contribution is -2.28. The van der Waals surface area contributed by atoms with E-state index in [2.05, 4.69) is 41.9 Å². The normalized spacial score (nSPS) is 16.7. The zero-order valence-electron chi connectivity index (χ0n) is 11.4. The van der Waals surface area contributed by atoms with Crippen LogP contribution in [0.2, 0.25) is 0 Å². The Bertz CT molecular complexity index is 524. The number of thiazole rings is 1. The molecule has 0 saturated carbocycles. The lowest BCUT2D eigenvalue weighted by molar-refractivity contribution is 0.372. The van der Waals surface area contributed by atoms with Crippen LogP contribution >= 0.6 is 11.3 Å². The van der Waals surface area contributed by atoms with E-state index in [4.69, 9.17) is 4.98 Å². The Morgan fingerprint density at radius 3 is 2.68 bits per heavy atom. The highest BCUT2D eigenvalue weighted by atomic mass is 32.1. The van der Waals surface area contributed by atoms with Gasteiger partial charge in [-0.15, -0.1) is 11.3 Å². The molecular formula is C16H20N2S. The third-order valence-electron chi connectivity index (χ3n) is 3.82. The molecule has 0 radical (unpaired) electrons. The molecule has 1 fully saturated rings. The summed E-state index contributed by atoms with van der Waals surface area (Å²) in [5.41, 5.74) is 3.67. The highest BCUT2D eigenvalue weighted by molar-refractivity contribution is 7.09. The Labute approximate surface area is 118 Å². The van der Waals surface area contributed by atoms with Gasteiger partial charge in [0.1, 0.15) is 0 Å². The van der Waals surface area contributed by atoms with E-state index in [1.807, 2.05) is 11.3 Å². The molecule has 2 nitrogen and oxygen atoms in total. The molecule has 1 aromatic carbocycles. The van der Waals surface area contributed by atoms with Crippen molar-refractivity contribution in [1.29, 1.82) is 0 Å². The molecule has 1 saturated heterocycles. The van der Waals surface area contributed by atoms with Crippen molar-refractivity contribution >= 4 is 11.3 Å². The van der Waals surface area contributed by atoms with Crippen LogP contribution in [-0.4, -0.2) is 18.1 Å². The second-order valence-electron chi connectivity index (χ2n) is 5.39. The number of aromatic nitrogens is 1. The summed E-state index contributed by atoms with van der Waals surface area (Å²) in [6, 6.07) is 8.64. The number of rotatable bonds is 3. The van der Waals surface area contributed by atoms with Crippen molar-refractivity contribution in [2.75, 3.05) is 13.1 Å². The van der Waals surface area contributed by atoms with E-state index in [1.54, 1.807) is 0 Å². The largest absolute Gasteiger partial charge is 0.317 e. The first-order valence-electron chi connectivity index (χ1n) is 7.03. The Morgan fingerprint density at radius 2 is 1.95 bits per heavy atom. The first-order chi connectivity index (χ1) is 9.31. The van der Waals surface area contributed by atoms with Crippen molar-refractivity contribution < 1.29 is 0 Å². The van der Waals surface area contributed by atoms with Crippen molar-refractivity contribution in [1.82, 2.24) is 10.3 Å². The quantitative estimate of drug-likeness (QED) is 0.922. The molecule has 3 rings (SSSR count). The third kappa shape index (κ3) is 3.23. The van der Waals surface area contributed by atoms with Crippen molar-refractivity contribution in [2.45, 2.75) is 26.2 Å².